The second kappa shape index (κ2) is 4.31. The van der Waals surface area contributed by atoms with Crippen LogP contribution in [0.15, 0.2) is 16.6 Å². The van der Waals surface area contributed by atoms with Crippen LogP contribution in [0.4, 0.5) is 5.69 Å². The minimum Gasteiger partial charge on any atom is -0.298 e. The zero-order valence-electron chi connectivity index (χ0n) is 7.69. The van der Waals surface area contributed by atoms with E-state index in [1.165, 1.54) is 19.1 Å². The highest BCUT2D eigenvalue weighted by atomic mass is 79.9. The Morgan fingerprint density at radius 3 is 2.53 bits per heavy atom. The van der Waals surface area contributed by atoms with E-state index < -0.39 is 4.92 Å². The normalized spacial score (nSPS) is 9.73. The van der Waals surface area contributed by atoms with Crippen LogP contribution in [-0.4, -0.2) is 17.0 Å². The summed E-state index contributed by atoms with van der Waals surface area (Å²) in [6.07, 6.45) is 0.321. The topological polar surface area (TPSA) is 77.3 Å². The van der Waals surface area contributed by atoms with Gasteiger partial charge in [-0.05, 0) is 13.0 Å². The minimum absolute atomic E-state index is 0.0473. The van der Waals surface area contributed by atoms with E-state index in [2.05, 4.69) is 15.9 Å². The van der Waals surface area contributed by atoms with Gasteiger partial charge in [-0.15, -0.1) is 0 Å². The summed E-state index contributed by atoms with van der Waals surface area (Å²) in [7, 11) is 0. The lowest BCUT2D eigenvalue weighted by molar-refractivity contribution is -0.385. The average molecular weight is 272 g/mol. The maximum Gasteiger partial charge on any atom is 0.281 e. The number of nitrogens with zero attached hydrogens (tertiary/aromatic N) is 1. The van der Waals surface area contributed by atoms with E-state index in [4.69, 9.17) is 0 Å². The Balaban J connectivity index is 3.59. The van der Waals surface area contributed by atoms with Crippen LogP contribution in [-0.2, 0) is 0 Å². The average Bonchev–Trinajstić information content (AvgIpc) is 2.16. The number of ketones is 1. The second-order valence-electron chi connectivity index (χ2n) is 2.82. The molecular formula is C9H6BrNO4. The monoisotopic (exact) mass is 271 g/mol. The zero-order chi connectivity index (χ0) is 11.6. The van der Waals surface area contributed by atoms with Crippen LogP contribution in [0.3, 0.4) is 0 Å². The molecule has 0 N–H and O–H groups in total. The fourth-order valence-electron chi connectivity index (χ4n) is 1.17. The number of rotatable bonds is 3. The summed E-state index contributed by atoms with van der Waals surface area (Å²) in [5, 5.41) is 10.6. The fourth-order valence-corrected chi connectivity index (χ4v) is 1.62. The summed E-state index contributed by atoms with van der Waals surface area (Å²) in [5.41, 5.74) is -0.508. The lowest BCUT2D eigenvalue weighted by Gasteiger charge is -2.02. The van der Waals surface area contributed by atoms with Crippen molar-refractivity contribution in [2.75, 3.05) is 0 Å². The van der Waals surface area contributed by atoms with Gasteiger partial charge >= 0.3 is 0 Å². The number of carbonyl (C=O) groups excluding carboxylic acids is 2. The molecule has 0 spiro atoms. The van der Waals surface area contributed by atoms with Crippen molar-refractivity contribution in [2.45, 2.75) is 6.92 Å². The number of nitro benzene ring substituents is 1. The third-order valence-electron chi connectivity index (χ3n) is 1.82. The van der Waals surface area contributed by atoms with Gasteiger partial charge < -0.3 is 0 Å². The Kier molecular flexibility index (Phi) is 3.31. The Morgan fingerprint density at radius 2 is 2.13 bits per heavy atom. The second-order valence-corrected chi connectivity index (χ2v) is 3.73. The molecule has 0 heterocycles. The van der Waals surface area contributed by atoms with E-state index in [0.717, 1.165) is 0 Å². The van der Waals surface area contributed by atoms with Crippen molar-refractivity contribution in [3.63, 3.8) is 0 Å². The lowest BCUT2D eigenvalue weighted by Crippen LogP contribution is -2.03. The molecule has 0 amide bonds. The molecule has 0 fully saturated rings. The Hall–Kier alpha value is -1.56. The van der Waals surface area contributed by atoms with Gasteiger partial charge in [0, 0.05) is 16.1 Å². The standard InChI is InChI=1S/C9H6BrNO4/c1-5(13)7-2-6(10)3-9(11(14)15)8(7)4-12/h2-4H,1H3. The molecule has 0 aliphatic rings. The van der Waals surface area contributed by atoms with Gasteiger partial charge in [0.05, 0.1) is 4.92 Å². The summed E-state index contributed by atoms with van der Waals surface area (Å²) in [6.45, 7) is 1.25. The largest absolute Gasteiger partial charge is 0.298 e. The molecule has 0 atom stereocenters. The molecule has 1 aromatic rings. The summed E-state index contributed by atoms with van der Waals surface area (Å²) in [5.74, 6) is -0.387. The van der Waals surface area contributed by atoms with Gasteiger partial charge in [0.25, 0.3) is 5.69 Å². The summed E-state index contributed by atoms with van der Waals surface area (Å²) in [6, 6.07) is 2.58. The highest BCUT2D eigenvalue weighted by molar-refractivity contribution is 9.10. The number of hydrogen-bond acceptors (Lipinski definition) is 4. The number of halogens is 1. The Morgan fingerprint density at radius 1 is 1.53 bits per heavy atom. The van der Waals surface area contributed by atoms with Crippen LogP contribution < -0.4 is 0 Å². The maximum absolute atomic E-state index is 11.1. The van der Waals surface area contributed by atoms with Crippen molar-refractivity contribution in [3.8, 4) is 0 Å². The molecule has 78 valence electrons. The molecule has 0 bridgehead atoms. The molecule has 0 unspecified atom stereocenters. The molecule has 1 rings (SSSR count). The van der Waals surface area contributed by atoms with Crippen molar-refractivity contribution in [1.82, 2.24) is 0 Å². The third-order valence-corrected chi connectivity index (χ3v) is 2.27. The fraction of sp³-hybridized carbons (Fsp3) is 0.111. The molecule has 15 heavy (non-hydrogen) atoms. The number of hydrogen-bond donors (Lipinski definition) is 0. The Labute approximate surface area is 93.4 Å². The molecule has 0 aliphatic heterocycles. The first-order chi connectivity index (χ1) is 6.97. The number of benzene rings is 1. The summed E-state index contributed by atoms with van der Waals surface area (Å²) >= 11 is 3.04. The quantitative estimate of drug-likeness (QED) is 0.366. The smallest absolute Gasteiger partial charge is 0.281 e. The Bertz CT molecular complexity index is 420. The SMILES string of the molecule is CC(=O)c1cc(Br)cc([N+](=O)[O-])c1C=O. The van der Waals surface area contributed by atoms with Crippen LogP contribution in [0.25, 0.3) is 0 Å². The number of carbonyl (C=O) groups is 2. The van der Waals surface area contributed by atoms with E-state index in [1.807, 2.05) is 0 Å². The lowest BCUT2D eigenvalue weighted by atomic mass is 10.0. The molecular weight excluding hydrogens is 266 g/mol. The number of nitro groups is 1. The van der Waals surface area contributed by atoms with Crippen LogP contribution in [0.5, 0.6) is 0 Å². The zero-order valence-corrected chi connectivity index (χ0v) is 9.28. The molecule has 0 aliphatic carbocycles. The van der Waals surface area contributed by atoms with E-state index in [-0.39, 0.29) is 22.6 Å². The van der Waals surface area contributed by atoms with E-state index in [0.29, 0.717) is 10.8 Å². The van der Waals surface area contributed by atoms with E-state index >= 15 is 0 Å². The van der Waals surface area contributed by atoms with E-state index in [1.54, 1.807) is 0 Å². The summed E-state index contributed by atoms with van der Waals surface area (Å²) < 4.78 is 0.394. The number of aldehydes is 1. The summed E-state index contributed by atoms with van der Waals surface area (Å²) in [4.78, 5) is 31.8. The predicted molar refractivity (Wildman–Crippen MR) is 56.2 cm³/mol. The van der Waals surface area contributed by atoms with Crippen molar-refractivity contribution in [3.05, 3.63) is 37.8 Å². The van der Waals surface area contributed by atoms with Crippen LogP contribution in [0.1, 0.15) is 27.6 Å². The molecule has 0 aromatic heterocycles. The van der Waals surface area contributed by atoms with Gasteiger partial charge in [-0.3, -0.25) is 19.7 Å². The third kappa shape index (κ3) is 2.27. The molecule has 6 heteroatoms. The van der Waals surface area contributed by atoms with E-state index in [9.17, 15) is 19.7 Å². The van der Waals surface area contributed by atoms with Crippen LogP contribution in [0.2, 0.25) is 0 Å². The minimum atomic E-state index is -0.694. The van der Waals surface area contributed by atoms with Crippen molar-refractivity contribution in [1.29, 1.82) is 0 Å². The van der Waals surface area contributed by atoms with Gasteiger partial charge in [0.15, 0.2) is 12.1 Å². The molecule has 1 aromatic carbocycles. The maximum atomic E-state index is 11.1. The molecule has 0 saturated carbocycles. The van der Waals surface area contributed by atoms with Gasteiger partial charge in [-0.1, -0.05) is 15.9 Å². The van der Waals surface area contributed by atoms with Gasteiger partial charge in [0.2, 0.25) is 0 Å². The van der Waals surface area contributed by atoms with Gasteiger partial charge in [-0.2, -0.15) is 0 Å². The highest BCUT2D eigenvalue weighted by Gasteiger charge is 2.20. The first kappa shape index (κ1) is 11.5. The highest BCUT2D eigenvalue weighted by Crippen LogP contribution is 2.26. The molecule has 0 saturated heterocycles. The van der Waals surface area contributed by atoms with Crippen molar-refractivity contribution >= 4 is 33.7 Å². The first-order valence-corrected chi connectivity index (χ1v) is 4.70. The van der Waals surface area contributed by atoms with Crippen molar-refractivity contribution < 1.29 is 14.5 Å². The van der Waals surface area contributed by atoms with Gasteiger partial charge in [0.1, 0.15) is 5.56 Å². The first-order valence-electron chi connectivity index (χ1n) is 3.91. The molecule has 0 radical (unpaired) electrons. The molecule has 5 nitrogen and oxygen atoms in total. The van der Waals surface area contributed by atoms with Crippen LogP contribution >= 0.6 is 15.9 Å². The van der Waals surface area contributed by atoms with Crippen molar-refractivity contribution in [2.24, 2.45) is 0 Å². The predicted octanol–water partition coefficient (Wildman–Crippen LogP) is 2.37. The van der Waals surface area contributed by atoms with Gasteiger partial charge in [-0.25, -0.2) is 0 Å². The van der Waals surface area contributed by atoms with Crippen LogP contribution in [0, 0.1) is 10.1 Å². The number of Topliss-reactive ketones (excluding diaryl/α,β-unsaturated/α-hetero) is 1.